The highest BCUT2D eigenvalue weighted by Gasteiger charge is 2.43. The van der Waals surface area contributed by atoms with Crippen molar-refractivity contribution >= 4 is 20.4 Å². The maximum atomic E-state index is 4.72. The molecule has 1 saturated heterocycles. The Hall–Kier alpha value is 0.0900. The van der Waals surface area contributed by atoms with Gasteiger partial charge in [-0.3, -0.25) is 0 Å². The summed E-state index contributed by atoms with van der Waals surface area (Å²) in [5.74, 6) is 6.89. The Morgan fingerprint density at radius 2 is 2.07 bits per heavy atom. The number of rotatable bonds is 2. The summed E-state index contributed by atoms with van der Waals surface area (Å²) in [4.78, 5) is 0. The van der Waals surface area contributed by atoms with Gasteiger partial charge in [0.05, 0.1) is 0 Å². The van der Waals surface area contributed by atoms with Gasteiger partial charge in [-0.05, 0) is 54.9 Å². The molecule has 4 atom stereocenters. The van der Waals surface area contributed by atoms with Crippen molar-refractivity contribution in [3.8, 4) is 0 Å². The maximum absolute atomic E-state index is 4.72. The van der Waals surface area contributed by atoms with E-state index >= 15 is 0 Å². The van der Waals surface area contributed by atoms with E-state index in [0.29, 0.717) is 0 Å². The number of fused-ring (bicyclic) bond motifs is 1. The summed E-state index contributed by atoms with van der Waals surface area (Å²) in [6.07, 6.45) is 10.6. The van der Waals surface area contributed by atoms with E-state index < -0.39 is 9.21 Å². The third kappa shape index (κ3) is 1.58. The minimum Gasteiger partial charge on any atom is -0.205 e. The summed E-state index contributed by atoms with van der Waals surface area (Å²) in [5.41, 5.74) is 0. The smallest absolute Gasteiger partial charge is 0.00208 e. The van der Waals surface area contributed by atoms with Crippen molar-refractivity contribution in [2.75, 3.05) is 0 Å². The van der Waals surface area contributed by atoms with Crippen LogP contribution in [0.3, 0.4) is 0 Å². The van der Waals surface area contributed by atoms with Crippen molar-refractivity contribution in [2.24, 2.45) is 11.8 Å². The highest BCUT2D eigenvalue weighted by Crippen LogP contribution is 2.58. The average Bonchev–Trinajstić information content (AvgIpc) is 2.85. The molecule has 4 unspecified atom stereocenters. The Morgan fingerprint density at radius 3 is 2.73 bits per heavy atom. The van der Waals surface area contributed by atoms with E-state index in [1.54, 1.807) is 0 Å². The molecule has 0 N–H and O–H groups in total. The van der Waals surface area contributed by atoms with E-state index in [0.717, 1.165) is 22.3 Å². The SMILES string of the molecule is C=S1(=CC)C(CC2CC2)CC2CCCC21. The Labute approximate surface area is 94.9 Å². The molecule has 15 heavy (non-hydrogen) atoms. The Morgan fingerprint density at radius 1 is 1.27 bits per heavy atom. The number of hydrogen-bond acceptors (Lipinski definition) is 0. The van der Waals surface area contributed by atoms with Gasteiger partial charge in [-0.2, -0.15) is 0 Å². The predicted molar refractivity (Wildman–Crippen MR) is 73.3 cm³/mol. The molecule has 3 fully saturated rings. The minimum atomic E-state index is -0.590. The zero-order valence-corrected chi connectivity index (χ0v) is 10.8. The van der Waals surface area contributed by atoms with Gasteiger partial charge in [0.25, 0.3) is 0 Å². The molecule has 3 aliphatic rings. The molecule has 0 aromatic carbocycles. The minimum absolute atomic E-state index is 0.590. The van der Waals surface area contributed by atoms with Gasteiger partial charge in [0.2, 0.25) is 0 Å². The van der Waals surface area contributed by atoms with Crippen molar-refractivity contribution in [1.29, 1.82) is 0 Å². The first-order chi connectivity index (χ1) is 7.24. The third-order valence-corrected chi connectivity index (χ3v) is 9.32. The second kappa shape index (κ2) is 3.55. The van der Waals surface area contributed by atoms with Crippen molar-refractivity contribution in [2.45, 2.75) is 62.4 Å². The van der Waals surface area contributed by atoms with Crippen molar-refractivity contribution < 1.29 is 0 Å². The molecular formula is C14H24S. The van der Waals surface area contributed by atoms with Gasteiger partial charge in [-0.15, -0.1) is 0 Å². The van der Waals surface area contributed by atoms with Crippen LogP contribution in [0.5, 0.6) is 0 Å². The molecule has 0 spiro atoms. The van der Waals surface area contributed by atoms with Crippen LogP contribution in [0.15, 0.2) is 0 Å². The molecular weight excluding hydrogens is 200 g/mol. The largest absolute Gasteiger partial charge is 0.205 e. The summed E-state index contributed by atoms with van der Waals surface area (Å²) in [5, 5.41) is 4.56. The van der Waals surface area contributed by atoms with E-state index in [1.807, 2.05) is 0 Å². The molecule has 3 rings (SSSR count). The van der Waals surface area contributed by atoms with Crippen molar-refractivity contribution in [1.82, 2.24) is 0 Å². The Bertz CT molecular complexity index is 356. The van der Waals surface area contributed by atoms with Crippen LogP contribution in [-0.4, -0.2) is 21.7 Å². The van der Waals surface area contributed by atoms with E-state index in [2.05, 4.69) is 12.3 Å². The van der Waals surface area contributed by atoms with Gasteiger partial charge in [0, 0.05) is 0 Å². The molecule has 0 nitrogen and oxygen atoms in total. The predicted octanol–water partition coefficient (Wildman–Crippen LogP) is 3.79. The normalized spacial score (nSPS) is 49.3. The van der Waals surface area contributed by atoms with E-state index in [1.165, 1.54) is 44.9 Å². The highest BCUT2D eigenvalue weighted by molar-refractivity contribution is 8.29. The fourth-order valence-corrected chi connectivity index (χ4v) is 8.02. The van der Waals surface area contributed by atoms with E-state index in [9.17, 15) is 0 Å². The zero-order chi connectivity index (χ0) is 10.5. The lowest BCUT2D eigenvalue weighted by molar-refractivity contribution is 0.511. The molecule has 86 valence electrons. The van der Waals surface area contributed by atoms with Gasteiger partial charge < -0.3 is 0 Å². The van der Waals surface area contributed by atoms with Crippen molar-refractivity contribution in [3.05, 3.63) is 0 Å². The van der Waals surface area contributed by atoms with Crippen LogP contribution in [0.4, 0.5) is 0 Å². The molecule has 0 aromatic rings. The number of hydrogen-bond donors (Lipinski definition) is 0. The lowest BCUT2D eigenvalue weighted by Gasteiger charge is -2.24. The van der Waals surface area contributed by atoms with Crippen molar-refractivity contribution in [3.63, 3.8) is 0 Å². The summed E-state index contributed by atoms with van der Waals surface area (Å²) < 4.78 is 0. The summed E-state index contributed by atoms with van der Waals surface area (Å²) >= 11 is 0. The Balaban J connectivity index is 1.86. The Kier molecular flexibility index (Phi) is 2.43. The molecule has 1 heteroatoms. The van der Waals surface area contributed by atoms with Gasteiger partial charge in [-0.25, -0.2) is 9.21 Å². The van der Waals surface area contributed by atoms with Gasteiger partial charge in [-0.1, -0.05) is 30.5 Å². The quantitative estimate of drug-likeness (QED) is 0.626. The van der Waals surface area contributed by atoms with Crippen LogP contribution in [-0.2, 0) is 0 Å². The maximum Gasteiger partial charge on any atom is -0.00208 e. The van der Waals surface area contributed by atoms with Crippen LogP contribution >= 0.6 is 9.21 Å². The molecule has 1 aliphatic heterocycles. The standard InChI is InChI=1S/C14H24S/c1-3-15(2)13(9-11-7-8-11)10-12-5-4-6-14(12)15/h3,11-14H,2,4-10H2,1H3. The molecule has 0 amide bonds. The molecule has 2 aliphatic carbocycles. The second-order valence-corrected chi connectivity index (χ2v) is 9.47. The molecule has 1 heterocycles. The van der Waals surface area contributed by atoms with Crippen LogP contribution in [0.1, 0.15) is 51.9 Å². The monoisotopic (exact) mass is 224 g/mol. The fraction of sp³-hybridized carbons (Fsp3) is 0.857. The van der Waals surface area contributed by atoms with Crippen LogP contribution < -0.4 is 0 Å². The molecule has 2 saturated carbocycles. The summed E-state index contributed by atoms with van der Waals surface area (Å²) in [6, 6.07) is 0. The lowest BCUT2D eigenvalue weighted by Crippen LogP contribution is -2.08. The highest BCUT2D eigenvalue weighted by atomic mass is 32.2. The lowest BCUT2D eigenvalue weighted by atomic mass is 10.00. The molecule has 0 bridgehead atoms. The first-order valence-corrected chi connectivity index (χ1v) is 8.66. The fourth-order valence-electron chi connectivity index (χ4n) is 3.98. The van der Waals surface area contributed by atoms with Gasteiger partial charge >= 0.3 is 0 Å². The van der Waals surface area contributed by atoms with Crippen LogP contribution in [0.25, 0.3) is 0 Å². The average molecular weight is 224 g/mol. The van der Waals surface area contributed by atoms with Gasteiger partial charge in [0.15, 0.2) is 0 Å². The van der Waals surface area contributed by atoms with Gasteiger partial charge in [0.1, 0.15) is 0 Å². The van der Waals surface area contributed by atoms with Crippen LogP contribution in [0.2, 0.25) is 0 Å². The third-order valence-electron chi connectivity index (χ3n) is 5.07. The summed E-state index contributed by atoms with van der Waals surface area (Å²) in [6.45, 7) is 2.29. The second-order valence-electron chi connectivity index (χ2n) is 5.91. The topological polar surface area (TPSA) is 0 Å². The van der Waals surface area contributed by atoms with Crippen LogP contribution in [0, 0.1) is 11.8 Å². The van der Waals surface area contributed by atoms with E-state index in [4.69, 9.17) is 5.87 Å². The first-order valence-electron chi connectivity index (χ1n) is 6.67. The zero-order valence-electron chi connectivity index (χ0n) is 9.95. The molecule has 0 radical (unpaired) electrons. The summed E-state index contributed by atoms with van der Waals surface area (Å²) in [7, 11) is -0.590. The molecule has 0 aromatic heterocycles. The first kappa shape index (κ1) is 10.3. The van der Waals surface area contributed by atoms with E-state index in [-0.39, 0.29) is 0 Å².